The standard InChI is InChI=1S/C19H27N3O4S/c1-14-13-16(27(2,25)26)5-6-17(14)20-18(23)15-7-11-22(12-8-15)19(24)21-9-3-4-10-21/h5-6,13,15H,3-4,7-12H2,1-2H3,(H,20,23). The zero-order chi connectivity index (χ0) is 19.6. The molecule has 8 heteroatoms. The van der Waals surface area contributed by atoms with Gasteiger partial charge in [-0.15, -0.1) is 0 Å². The molecular formula is C19H27N3O4S. The number of rotatable bonds is 3. The van der Waals surface area contributed by atoms with Crippen molar-refractivity contribution in [3.8, 4) is 0 Å². The number of hydrogen-bond donors (Lipinski definition) is 1. The SMILES string of the molecule is Cc1cc(S(C)(=O)=O)ccc1NC(=O)C1CCN(C(=O)N2CCCC2)CC1. The van der Waals surface area contributed by atoms with Gasteiger partial charge >= 0.3 is 6.03 Å². The fourth-order valence-corrected chi connectivity index (χ4v) is 4.39. The molecule has 0 aliphatic carbocycles. The summed E-state index contributed by atoms with van der Waals surface area (Å²) in [4.78, 5) is 29.0. The van der Waals surface area contributed by atoms with Crippen molar-refractivity contribution in [2.45, 2.75) is 37.5 Å². The number of nitrogens with one attached hydrogen (secondary N) is 1. The minimum absolute atomic E-state index is 0.0709. The van der Waals surface area contributed by atoms with Gasteiger partial charge in [-0.25, -0.2) is 13.2 Å². The van der Waals surface area contributed by atoms with Crippen molar-refractivity contribution in [2.75, 3.05) is 37.8 Å². The minimum atomic E-state index is -3.27. The highest BCUT2D eigenvalue weighted by molar-refractivity contribution is 7.90. The van der Waals surface area contributed by atoms with E-state index in [4.69, 9.17) is 0 Å². The van der Waals surface area contributed by atoms with E-state index < -0.39 is 9.84 Å². The maximum absolute atomic E-state index is 12.6. The van der Waals surface area contributed by atoms with Crippen LogP contribution in [0.5, 0.6) is 0 Å². The van der Waals surface area contributed by atoms with Crippen molar-refractivity contribution >= 4 is 27.5 Å². The van der Waals surface area contributed by atoms with Gasteiger partial charge in [0.15, 0.2) is 9.84 Å². The molecule has 0 spiro atoms. The second-order valence-corrected chi connectivity index (χ2v) is 9.49. The van der Waals surface area contributed by atoms with Crippen LogP contribution in [0.15, 0.2) is 23.1 Å². The normalized spacial score (nSPS) is 18.6. The first-order valence-corrected chi connectivity index (χ1v) is 11.3. The number of benzene rings is 1. The summed E-state index contributed by atoms with van der Waals surface area (Å²) in [5.41, 5.74) is 1.34. The van der Waals surface area contributed by atoms with Crippen LogP contribution < -0.4 is 5.32 Å². The van der Waals surface area contributed by atoms with Crippen LogP contribution in [-0.2, 0) is 14.6 Å². The molecule has 0 saturated carbocycles. The van der Waals surface area contributed by atoms with Gasteiger partial charge in [-0.3, -0.25) is 4.79 Å². The van der Waals surface area contributed by atoms with E-state index in [0.29, 0.717) is 37.2 Å². The zero-order valence-corrected chi connectivity index (χ0v) is 16.7. The number of piperidine rings is 1. The molecule has 0 atom stereocenters. The third-order valence-electron chi connectivity index (χ3n) is 5.40. The van der Waals surface area contributed by atoms with Gasteiger partial charge in [0.05, 0.1) is 4.90 Å². The highest BCUT2D eigenvalue weighted by Crippen LogP contribution is 2.24. The number of nitrogens with zero attached hydrogens (tertiary/aromatic N) is 2. The second-order valence-electron chi connectivity index (χ2n) is 7.48. The van der Waals surface area contributed by atoms with E-state index >= 15 is 0 Å². The molecule has 7 nitrogen and oxygen atoms in total. The molecule has 0 unspecified atom stereocenters. The summed E-state index contributed by atoms with van der Waals surface area (Å²) < 4.78 is 23.2. The Morgan fingerprint density at radius 2 is 1.63 bits per heavy atom. The molecule has 0 bridgehead atoms. The molecule has 2 saturated heterocycles. The van der Waals surface area contributed by atoms with Gasteiger partial charge in [0.1, 0.15) is 0 Å². The lowest BCUT2D eigenvalue weighted by Crippen LogP contribution is -2.47. The zero-order valence-electron chi connectivity index (χ0n) is 15.9. The van der Waals surface area contributed by atoms with Crippen LogP contribution >= 0.6 is 0 Å². The van der Waals surface area contributed by atoms with Crippen LogP contribution in [0.25, 0.3) is 0 Å². The summed E-state index contributed by atoms with van der Waals surface area (Å²) in [6.45, 7) is 4.64. The largest absolute Gasteiger partial charge is 0.326 e. The maximum atomic E-state index is 12.6. The molecule has 2 heterocycles. The van der Waals surface area contributed by atoms with E-state index in [2.05, 4.69) is 5.32 Å². The van der Waals surface area contributed by atoms with Crippen LogP contribution in [0.4, 0.5) is 10.5 Å². The second kappa shape index (κ2) is 7.88. The van der Waals surface area contributed by atoms with Crippen LogP contribution in [0.1, 0.15) is 31.2 Å². The number of carbonyl (C=O) groups is 2. The Morgan fingerprint density at radius 3 is 2.19 bits per heavy atom. The number of amides is 3. The average Bonchev–Trinajstić information content (AvgIpc) is 3.16. The van der Waals surface area contributed by atoms with Gasteiger partial charge in [0.2, 0.25) is 5.91 Å². The van der Waals surface area contributed by atoms with E-state index in [-0.39, 0.29) is 22.8 Å². The molecule has 2 fully saturated rings. The molecule has 3 amide bonds. The van der Waals surface area contributed by atoms with E-state index in [1.807, 2.05) is 9.80 Å². The van der Waals surface area contributed by atoms with Crippen molar-refractivity contribution in [3.05, 3.63) is 23.8 Å². The molecule has 3 rings (SSSR count). The molecule has 0 radical (unpaired) electrons. The molecule has 2 aliphatic rings. The molecular weight excluding hydrogens is 366 g/mol. The molecule has 1 aromatic carbocycles. The highest BCUT2D eigenvalue weighted by atomic mass is 32.2. The number of urea groups is 1. The van der Waals surface area contributed by atoms with Gasteiger partial charge in [-0.1, -0.05) is 0 Å². The van der Waals surface area contributed by atoms with Crippen LogP contribution in [-0.4, -0.2) is 62.6 Å². The number of carbonyl (C=O) groups excluding carboxylic acids is 2. The van der Waals surface area contributed by atoms with Crippen LogP contribution in [0.3, 0.4) is 0 Å². The first-order chi connectivity index (χ1) is 12.8. The highest BCUT2D eigenvalue weighted by Gasteiger charge is 2.30. The van der Waals surface area contributed by atoms with E-state index in [9.17, 15) is 18.0 Å². The number of likely N-dealkylation sites (tertiary alicyclic amines) is 2. The Kier molecular flexibility index (Phi) is 5.74. The third-order valence-corrected chi connectivity index (χ3v) is 6.51. The van der Waals surface area contributed by atoms with E-state index in [1.165, 1.54) is 6.07 Å². The Hall–Kier alpha value is -2.09. The third kappa shape index (κ3) is 4.61. The lowest BCUT2D eigenvalue weighted by atomic mass is 9.96. The Labute approximate surface area is 160 Å². The van der Waals surface area contributed by atoms with E-state index in [0.717, 1.165) is 32.2 Å². The topological polar surface area (TPSA) is 86.8 Å². The predicted molar refractivity (Wildman–Crippen MR) is 103 cm³/mol. The smallest absolute Gasteiger partial charge is 0.319 e. The Bertz CT molecular complexity index is 823. The Balaban J connectivity index is 1.56. The van der Waals surface area contributed by atoms with Gasteiger partial charge in [0.25, 0.3) is 0 Å². The molecule has 1 N–H and O–H groups in total. The summed E-state index contributed by atoms with van der Waals surface area (Å²) in [5, 5.41) is 2.91. The van der Waals surface area contributed by atoms with Gasteiger partial charge < -0.3 is 15.1 Å². The molecule has 0 aromatic heterocycles. The van der Waals surface area contributed by atoms with Crippen LogP contribution in [0, 0.1) is 12.8 Å². The monoisotopic (exact) mass is 393 g/mol. The number of anilines is 1. The minimum Gasteiger partial charge on any atom is -0.326 e. The summed E-state index contributed by atoms with van der Waals surface area (Å²) in [7, 11) is -3.27. The van der Waals surface area contributed by atoms with Gasteiger partial charge in [-0.05, 0) is 56.4 Å². The molecule has 148 valence electrons. The number of aryl methyl sites for hydroxylation is 1. The van der Waals surface area contributed by atoms with Gasteiger partial charge in [0, 0.05) is 44.0 Å². The first-order valence-electron chi connectivity index (χ1n) is 9.41. The fourth-order valence-electron chi connectivity index (χ4n) is 3.68. The summed E-state index contributed by atoms with van der Waals surface area (Å²) >= 11 is 0. The first kappa shape index (κ1) is 19.7. The lowest BCUT2D eigenvalue weighted by Gasteiger charge is -2.34. The molecule has 2 aliphatic heterocycles. The predicted octanol–water partition coefficient (Wildman–Crippen LogP) is 2.26. The van der Waals surface area contributed by atoms with Crippen molar-refractivity contribution in [1.82, 2.24) is 9.80 Å². The van der Waals surface area contributed by atoms with Crippen LogP contribution in [0.2, 0.25) is 0 Å². The van der Waals surface area contributed by atoms with Crippen molar-refractivity contribution in [1.29, 1.82) is 0 Å². The van der Waals surface area contributed by atoms with Crippen molar-refractivity contribution in [3.63, 3.8) is 0 Å². The maximum Gasteiger partial charge on any atom is 0.319 e. The average molecular weight is 394 g/mol. The summed E-state index contributed by atoms with van der Waals surface area (Å²) in [6.07, 6.45) is 4.60. The summed E-state index contributed by atoms with van der Waals surface area (Å²) in [5.74, 6) is -0.208. The van der Waals surface area contributed by atoms with Gasteiger partial charge in [-0.2, -0.15) is 0 Å². The van der Waals surface area contributed by atoms with Crippen molar-refractivity contribution < 1.29 is 18.0 Å². The van der Waals surface area contributed by atoms with Crippen molar-refractivity contribution in [2.24, 2.45) is 5.92 Å². The molecule has 1 aromatic rings. The number of hydrogen-bond acceptors (Lipinski definition) is 4. The quantitative estimate of drug-likeness (QED) is 0.853. The molecule has 27 heavy (non-hydrogen) atoms. The summed E-state index contributed by atoms with van der Waals surface area (Å²) in [6, 6.07) is 4.81. The lowest BCUT2D eigenvalue weighted by molar-refractivity contribution is -0.121. The number of sulfone groups is 1. The fraction of sp³-hybridized carbons (Fsp3) is 0.579. The Morgan fingerprint density at radius 1 is 1.04 bits per heavy atom. The van der Waals surface area contributed by atoms with E-state index in [1.54, 1.807) is 19.1 Å².